The van der Waals surface area contributed by atoms with E-state index in [2.05, 4.69) is 0 Å². The van der Waals surface area contributed by atoms with E-state index in [0.717, 1.165) is 12.1 Å². The second kappa shape index (κ2) is 7.06. The number of pyridine rings is 1. The highest BCUT2D eigenvalue weighted by molar-refractivity contribution is 5.87. The summed E-state index contributed by atoms with van der Waals surface area (Å²) in [4.78, 5) is 12.1. The molecule has 1 aromatic carbocycles. The Morgan fingerprint density at radius 3 is 2.15 bits per heavy atom. The predicted octanol–water partition coefficient (Wildman–Crippen LogP) is 2.41. The van der Waals surface area contributed by atoms with E-state index in [9.17, 15) is 41.5 Å². The van der Waals surface area contributed by atoms with E-state index in [-0.39, 0.29) is 10.9 Å². The number of halogens is 6. The van der Waals surface area contributed by atoms with Crippen LogP contribution < -0.4 is 10.0 Å². The molecule has 1 heterocycles. The molecule has 146 valence electrons. The number of nitrogens with zero attached hydrogens (tertiary/aromatic N) is 1. The number of nitrogens with one attached hydrogen (secondary N) is 1. The van der Waals surface area contributed by atoms with Crippen LogP contribution in [0.2, 0.25) is 0 Å². The highest BCUT2D eigenvalue weighted by Crippen LogP contribution is 2.39. The van der Waals surface area contributed by atoms with E-state index in [1.165, 1.54) is 18.2 Å². The molecular formula is C16H12F6N2O3. The molecule has 0 spiro atoms. The number of carbonyl (C=O) groups excluding carboxylic acids is 1. The van der Waals surface area contributed by atoms with Gasteiger partial charge in [-0.2, -0.15) is 31.1 Å². The average molecular weight is 394 g/mol. The number of amides is 1. The van der Waals surface area contributed by atoms with Crippen LogP contribution in [0.25, 0.3) is 0 Å². The maximum absolute atomic E-state index is 13.3. The van der Waals surface area contributed by atoms with Gasteiger partial charge in [-0.3, -0.25) is 4.79 Å². The summed E-state index contributed by atoms with van der Waals surface area (Å²) in [6, 6.07) is 5.97. The summed E-state index contributed by atoms with van der Waals surface area (Å²) in [6.45, 7) is -0.837. The van der Waals surface area contributed by atoms with Crippen molar-refractivity contribution < 1.29 is 41.0 Å². The Hall–Kier alpha value is -2.82. The SMILES string of the molecule is O=C(NCc1cc(C(F)(F)F)c[n+]([O-])c1)C(O)(c1ccccc1)C(F)(F)F. The highest BCUT2D eigenvalue weighted by Gasteiger charge is 2.60. The summed E-state index contributed by atoms with van der Waals surface area (Å²) >= 11 is 0. The first kappa shape index (κ1) is 20.5. The first-order chi connectivity index (χ1) is 12.4. The standard InChI is InChI=1S/C16H12F6N2O3/c17-15(18,19)12-6-10(8-24(27)9-12)7-23-13(25)14(26,16(20,21)22)11-4-2-1-3-5-11/h1-6,8-9,26H,7H2,(H,23,25). The zero-order valence-corrected chi connectivity index (χ0v) is 13.3. The van der Waals surface area contributed by atoms with E-state index in [1.54, 1.807) is 5.32 Å². The summed E-state index contributed by atoms with van der Waals surface area (Å²) in [6.07, 6.45) is -9.36. The summed E-state index contributed by atoms with van der Waals surface area (Å²) < 4.78 is 77.9. The van der Waals surface area contributed by atoms with Crippen molar-refractivity contribution in [3.05, 3.63) is 70.7 Å². The van der Waals surface area contributed by atoms with Gasteiger partial charge >= 0.3 is 12.4 Å². The average Bonchev–Trinajstić information content (AvgIpc) is 2.57. The van der Waals surface area contributed by atoms with Crippen LogP contribution in [-0.4, -0.2) is 17.2 Å². The van der Waals surface area contributed by atoms with E-state index in [4.69, 9.17) is 0 Å². The van der Waals surface area contributed by atoms with Gasteiger partial charge in [-0.05, 0) is 6.07 Å². The predicted molar refractivity (Wildman–Crippen MR) is 78.6 cm³/mol. The lowest BCUT2D eigenvalue weighted by molar-refractivity contribution is -0.607. The Labute approximate surface area is 148 Å². The monoisotopic (exact) mass is 394 g/mol. The maximum atomic E-state index is 13.3. The minimum Gasteiger partial charge on any atom is -0.619 e. The van der Waals surface area contributed by atoms with Gasteiger partial charge in [0.2, 0.25) is 0 Å². The molecular weight excluding hydrogens is 382 g/mol. The fourth-order valence-corrected chi connectivity index (χ4v) is 2.28. The van der Waals surface area contributed by atoms with E-state index < -0.39 is 47.1 Å². The van der Waals surface area contributed by atoms with Gasteiger partial charge in [-0.25, -0.2) is 0 Å². The van der Waals surface area contributed by atoms with Crippen LogP contribution in [0.15, 0.2) is 48.8 Å². The minimum absolute atomic E-state index is 0.183. The van der Waals surface area contributed by atoms with Crippen molar-refractivity contribution in [1.29, 1.82) is 0 Å². The molecule has 1 aromatic heterocycles. The molecule has 0 bridgehead atoms. The van der Waals surface area contributed by atoms with Crippen LogP contribution in [0.5, 0.6) is 0 Å². The molecule has 27 heavy (non-hydrogen) atoms. The topological polar surface area (TPSA) is 76.3 Å². The summed E-state index contributed by atoms with van der Waals surface area (Å²) in [7, 11) is 0. The molecule has 0 saturated heterocycles. The summed E-state index contributed by atoms with van der Waals surface area (Å²) in [5, 5.41) is 23.0. The van der Waals surface area contributed by atoms with Crippen molar-refractivity contribution in [1.82, 2.24) is 5.32 Å². The van der Waals surface area contributed by atoms with Crippen LogP contribution in [0.1, 0.15) is 16.7 Å². The van der Waals surface area contributed by atoms with Crippen LogP contribution in [0.4, 0.5) is 26.3 Å². The third kappa shape index (κ3) is 4.30. The normalized spacial score (nSPS) is 14.5. The highest BCUT2D eigenvalue weighted by atomic mass is 19.4. The van der Waals surface area contributed by atoms with Gasteiger partial charge in [-0.1, -0.05) is 30.3 Å². The zero-order valence-electron chi connectivity index (χ0n) is 13.3. The fourth-order valence-electron chi connectivity index (χ4n) is 2.28. The molecule has 0 aliphatic carbocycles. The van der Waals surface area contributed by atoms with E-state index in [0.29, 0.717) is 12.3 Å². The van der Waals surface area contributed by atoms with Crippen LogP contribution in [0.3, 0.4) is 0 Å². The number of benzene rings is 1. The van der Waals surface area contributed by atoms with Crippen molar-refractivity contribution in [2.45, 2.75) is 24.5 Å². The van der Waals surface area contributed by atoms with Crippen LogP contribution in [0, 0.1) is 5.21 Å². The Balaban J connectivity index is 2.29. The van der Waals surface area contributed by atoms with Crippen molar-refractivity contribution in [3.8, 4) is 0 Å². The Morgan fingerprint density at radius 1 is 1.04 bits per heavy atom. The molecule has 2 aromatic rings. The summed E-state index contributed by atoms with van der Waals surface area (Å²) in [5.74, 6) is -1.89. The van der Waals surface area contributed by atoms with Gasteiger partial charge in [0.15, 0.2) is 12.4 Å². The Kier molecular flexibility index (Phi) is 5.36. The number of rotatable bonds is 4. The third-order valence-corrected chi connectivity index (χ3v) is 3.61. The van der Waals surface area contributed by atoms with Crippen molar-refractivity contribution in [3.63, 3.8) is 0 Å². The molecule has 1 unspecified atom stereocenters. The molecule has 0 fully saturated rings. The van der Waals surface area contributed by atoms with Gasteiger partial charge in [0.1, 0.15) is 5.56 Å². The number of alkyl halides is 6. The molecule has 2 rings (SSSR count). The van der Waals surface area contributed by atoms with Gasteiger partial charge < -0.3 is 15.6 Å². The van der Waals surface area contributed by atoms with E-state index in [1.807, 2.05) is 0 Å². The molecule has 0 aliphatic heterocycles. The lowest BCUT2D eigenvalue weighted by Gasteiger charge is -2.29. The smallest absolute Gasteiger partial charge is 0.430 e. The lowest BCUT2D eigenvalue weighted by Crippen LogP contribution is -2.54. The number of hydrogen-bond donors (Lipinski definition) is 2. The van der Waals surface area contributed by atoms with Gasteiger partial charge in [0, 0.05) is 17.7 Å². The van der Waals surface area contributed by atoms with Crippen molar-refractivity contribution in [2.24, 2.45) is 0 Å². The minimum atomic E-state index is -5.40. The van der Waals surface area contributed by atoms with E-state index >= 15 is 0 Å². The molecule has 1 amide bonds. The first-order valence-corrected chi connectivity index (χ1v) is 7.28. The Bertz CT molecular complexity index is 823. The van der Waals surface area contributed by atoms with Gasteiger partial charge in [0.05, 0.1) is 0 Å². The third-order valence-electron chi connectivity index (χ3n) is 3.61. The van der Waals surface area contributed by atoms with Crippen LogP contribution >= 0.6 is 0 Å². The summed E-state index contributed by atoms with van der Waals surface area (Å²) in [5.41, 5.74) is -6.41. The number of aromatic nitrogens is 1. The van der Waals surface area contributed by atoms with Crippen molar-refractivity contribution >= 4 is 5.91 Å². The number of aliphatic hydroxyl groups is 1. The zero-order chi connectivity index (χ0) is 20.5. The van der Waals surface area contributed by atoms with Gasteiger partial charge in [-0.15, -0.1) is 0 Å². The quantitative estimate of drug-likeness (QED) is 0.475. The number of carbonyl (C=O) groups is 1. The molecule has 1 atom stereocenters. The number of hydrogen-bond acceptors (Lipinski definition) is 3. The largest absolute Gasteiger partial charge is 0.619 e. The fraction of sp³-hybridized carbons (Fsp3) is 0.250. The maximum Gasteiger partial charge on any atom is 0.430 e. The molecule has 0 aliphatic rings. The molecule has 5 nitrogen and oxygen atoms in total. The van der Waals surface area contributed by atoms with Crippen molar-refractivity contribution in [2.75, 3.05) is 0 Å². The molecule has 0 saturated carbocycles. The molecule has 11 heteroatoms. The second-order valence-electron chi connectivity index (χ2n) is 5.55. The lowest BCUT2D eigenvalue weighted by atomic mass is 9.92. The first-order valence-electron chi connectivity index (χ1n) is 7.28. The molecule has 2 N–H and O–H groups in total. The van der Waals surface area contributed by atoms with Crippen LogP contribution in [-0.2, 0) is 23.1 Å². The molecule has 0 radical (unpaired) electrons. The Morgan fingerprint density at radius 2 is 1.63 bits per heavy atom. The second-order valence-corrected chi connectivity index (χ2v) is 5.55. The van der Waals surface area contributed by atoms with Gasteiger partial charge in [0.25, 0.3) is 11.5 Å².